The van der Waals surface area contributed by atoms with Crippen molar-refractivity contribution in [1.29, 1.82) is 0 Å². The number of hydrogen-bond acceptors (Lipinski definition) is 17. The fourth-order valence-corrected chi connectivity index (χ4v) is 4.89. The van der Waals surface area contributed by atoms with E-state index in [2.05, 4.69) is 5.32 Å². The van der Waals surface area contributed by atoms with E-state index < -0.39 is 130 Å². The molecule has 252 valence electrons. The Morgan fingerprint density at radius 1 is 0.698 bits per heavy atom. The molecule has 3 fully saturated rings. The highest BCUT2D eigenvalue weighted by Gasteiger charge is 2.51. The summed E-state index contributed by atoms with van der Waals surface area (Å²) < 4.78 is 33.6. The molecule has 3 aliphatic rings. The van der Waals surface area contributed by atoms with E-state index in [4.69, 9.17) is 28.4 Å². The van der Waals surface area contributed by atoms with Crippen molar-refractivity contribution in [2.24, 2.45) is 5.41 Å². The van der Waals surface area contributed by atoms with Crippen LogP contribution in [-0.4, -0.2) is 182 Å². The first kappa shape index (κ1) is 36.3. The van der Waals surface area contributed by atoms with Crippen LogP contribution in [0, 0.1) is 5.41 Å². The van der Waals surface area contributed by atoms with Crippen molar-refractivity contribution >= 4 is 5.91 Å². The largest absolute Gasteiger partial charge is 0.396 e. The molecular weight excluding hydrogens is 586 g/mol. The molecule has 1 amide bonds. The third-order valence-corrected chi connectivity index (χ3v) is 7.89. The molecule has 3 aliphatic heterocycles. The number of rotatable bonds is 12. The van der Waals surface area contributed by atoms with Crippen LogP contribution >= 0.6 is 0 Å². The summed E-state index contributed by atoms with van der Waals surface area (Å²) >= 11 is 0. The van der Waals surface area contributed by atoms with Gasteiger partial charge in [-0.1, -0.05) is 0 Å². The van der Waals surface area contributed by atoms with Gasteiger partial charge in [0, 0.05) is 13.5 Å². The zero-order valence-corrected chi connectivity index (χ0v) is 24.0. The Morgan fingerprint density at radius 2 is 1.21 bits per heavy atom. The summed E-state index contributed by atoms with van der Waals surface area (Å²) in [6.07, 6.45) is -22.6. The van der Waals surface area contributed by atoms with Gasteiger partial charge >= 0.3 is 0 Å². The standard InChI is InChI=1S/C25H45NO17/c1-9-13(30)16(33)19(36)22(40-9)38-7-25(6-28,5-26-11(3)29)8-39-24-21(18(35)15(32)12(4-27)42-24)43-23-20(37)17(34)14(31)10(2)41-23/h9-10,12-24,27-28,30-37H,4-8H2,1-3H3,(H,26,29)/t9?,10?,12?,13?,14-,15?,16?,17?,18+,19+,20+,21?,22?,23?,24-,25?/m1/s1. The van der Waals surface area contributed by atoms with Gasteiger partial charge in [0.15, 0.2) is 18.9 Å². The van der Waals surface area contributed by atoms with Gasteiger partial charge in [-0.3, -0.25) is 4.79 Å². The first-order valence-electron chi connectivity index (χ1n) is 13.9. The summed E-state index contributed by atoms with van der Waals surface area (Å²) in [5, 5.41) is 105. The predicted octanol–water partition coefficient (Wildman–Crippen LogP) is -6.39. The van der Waals surface area contributed by atoms with E-state index in [0.717, 1.165) is 0 Å². The van der Waals surface area contributed by atoms with Gasteiger partial charge in [-0.05, 0) is 13.8 Å². The minimum atomic E-state index is -1.79. The number of aliphatic hydroxyl groups is 10. The van der Waals surface area contributed by atoms with Crippen molar-refractivity contribution in [3.63, 3.8) is 0 Å². The zero-order chi connectivity index (χ0) is 32.2. The predicted molar refractivity (Wildman–Crippen MR) is 137 cm³/mol. The number of aliphatic hydroxyl groups excluding tert-OH is 10. The second kappa shape index (κ2) is 15.4. The SMILES string of the molecule is CC(=O)NCC(CO)(COC1OC(C)C(O)C(O)[C@@H]1O)CO[C@@H]1OC(CO)C(O)[C@H](O)C1OC1OC(C)[C@@H](O)C(O)[C@@H]1O. The van der Waals surface area contributed by atoms with Crippen LogP contribution < -0.4 is 5.32 Å². The van der Waals surface area contributed by atoms with Crippen molar-refractivity contribution in [2.75, 3.05) is 33.0 Å². The molecule has 18 heteroatoms. The van der Waals surface area contributed by atoms with E-state index in [-0.39, 0.29) is 6.54 Å². The van der Waals surface area contributed by atoms with Crippen LogP contribution in [0.3, 0.4) is 0 Å². The van der Waals surface area contributed by atoms with Crippen molar-refractivity contribution in [1.82, 2.24) is 5.32 Å². The number of carbonyl (C=O) groups excluding carboxylic acids is 1. The Kier molecular flexibility index (Phi) is 13.0. The summed E-state index contributed by atoms with van der Waals surface area (Å²) in [5.41, 5.74) is -1.49. The number of nitrogens with one attached hydrogen (secondary N) is 1. The molecule has 0 saturated carbocycles. The van der Waals surface area contributed by atoms with Crippen molar-refractivity contribution in [3.8, 4) is 0 Å². The fourth-order valence-electron chi connectivity index (χ4n) is 4.89. The van der Waals surface area contributed by atoms with E-state index in [1.54, 1.807) is 0 Å². The Bertz CT molecular complexity index is 887. The van der Waals surface area contributed by atoms with E-state index in [1.165, 1.54) is 20.8 Å². The van der Waals surface area contributed by atoms with E-state index in [1.807, 2.05) is 0 Å². The van der Waals surface area contributed by atoms with Crippen LogP contribution in [0.15, 0.2) is 0 Å². The molecule has 0 spiro atoms. The molecule has 3 rings (SSSR count). The van der Waals surface area contributed by atoms with Crippen molar-refractivity contribution in [2.45, 2.75) is 113 Å². The minimum absolute atomic E-state index is 0.263. The number of amides is 1. The lowest BCUT2D eigenvalue weighted by atomic mass is 9.90. The van der Waals surface area contributed by atoms with Crippen LogP contribution in [0.25, 0.3) is 0 Å². The highest BCUT2D eigenvalue weighted by Crippen LogP contribution is 2.31. The van der Waals surface area contributed by atoms with Gasteiger partial charge in [0.2, 0.25) is 5.91 Å². The van der Waals surface area contributed by atoms with Crippen LogP contribution in [-0.2, 0) is 33.2 Å². The summed E-state index contributed by atoms with van der Waals surface area (Å²) in [6.45, 7) is 1.39. The second-order valence-electron chi connectivity index (χ2n) is 11.4. The van der Waals surface area contributed by atoms with Gasteiger partial charge in [-0.2, -0.15) is 0 Å². The first-order valence-corrected chi connectivity index (χ1v) is 13.9. The molecule has 3 heterocycles. The second-order valence-corrected chi connectivity index (χ2v) is 11.4. The number of hydrogen-bond donors (Lipinski definition) is 11. The van der Waals surface area contributed by atoms with E-state index >= 15 is 0 Å². The number of carbonyl (C=O) groups is 1. The third-order valence-electron chi connectivity index (χ3n) is 7.89. The topological polar surface area (TPSA) is 287 Å². The molecule has 18 nitrogen and oxygen atoms in total. The van der Waals surface area contributed by atoms with E-state index in [0.29, 0.717) is 0 Å². The lowest BCUT2D eigenvalue weighted by Gasteiger charge is -2.46. The van der Waals surface area contributed by atoms with Gasteiger partial charge in [-0.25, -0.2) is 0 Å². The molecule has 11 N–H and O–H groups in total. The smallest absolute Gasteiger partial charge is 0.216 e. The summed E-state index contributed by atoms with van der Waals surface area (Å²) in [6, 6.07) is 0. The molecular formula is C25H45NO17. The molecule has 11 unspecified atom stereocenters. The third kappa shape index (κ3) is 8.36. The van der Waals surface area contributed by atoms with Gasteiger partial charge in [0.1, 0.15) is 61.0 Å². The minimum Gasteiger partial charge on any atom is -0.396 e. The fraction of sp³-hybridized carbons (Fsp3) is 0.960. The molecule has 43 heavy (non-hydrogen) atoms. The van der Waals surface area contributed by atoms with Crippen LogP contribution in [0.4, 0.5) is 0 Å². The monoisotopic (exact) mass is 631 g/mol. The highest BCUT2D eigenvalue weighted by molar-refractivity contribution is 5.72. The van der Waals surface area contributed by atoms with Crippen LogP contribution in [0.1, 0.15) is 20.8 Å². The Labute approximate surface area is 247 Å². The van der Waals surface area contributed by atoms with E-state index in [9.17, 15) is 55.9 Å². The summed E-state index contributed by atoms with van der Waals surface area (Å²) in [7, 11) is 0. The Balaban J connectivity index is 1.80. The lowest BCUT2D eigenvalue weighted by Crippen LogP contribution is -2.64. The zero-order valence-electron chi connectivity index (χ0n) is 24.0. The molecule has 0 aliphatic carbocycles. The molecule has 0 bridgehead atoms. The Morgan fingerprint density at radius 3 is 1.72 bits per heavy atom. The maximum Gasteiger partial charge on any atom is 0.216 e. The maximum atomic E-state index is 11.7. The van der Waals surface area contributed by atoms with Crippen LogP contribution in [0.2, 0.25) is 0 Å². The van der Waals surface area contributed by atoms with Crippen molar-refractivity contribution < 1.29 is 84.3 Å². The van der Waals surface area contributed by atoms with Gasteiger partial charge in [-0.15, -0.1) is 0 Å². The molecule has 0 radical (unpaired) electrons. The molecule has 16 atom stereocenters. The average molecular weight is 632 g/mol. The first-order chi connectivity index (χ1) is 20.2. The van der Waals surface area contributed by atoms with Gasteiger partial charge in [0.25, 0.3) is 0 Å². The van der Waals surface area contributed by atoms with Crippen LogP contribution in [0.5, 0.6) is 0 Å². The Hall–Kier alpha value is -1.17. The number of ether oxygens (including phenoxy) is 6. The quantitative estimate of drug-likeness (QED) is 0.0954. The summed E-state index contributed by atoms with van der Waals surface area (Å²) in [4.78, 5) is 11.7. The normalized spacial score (nSPS) is 45.4. The summed E-state index contributed by atoms with van der Waals surface area (Å²) in [5.74, 6) is -0.480. The average Bonchev–Trinajstić information content (AvgIpc) is 2.98. The maximum absolute atomic E-state index is 11.7. The van der Waals surface area contributed by atoms with Gasteiger partial charge in [0.05, 0.1) is 44.1 Å². The van der Waals surface area contributed by atoms with Gasteiger partial charge < -0.3 is 84.8 Å². The van der Waals surface area contributed by atoms with Crippen molar-refractivity contribution in [3.05, 3.63) is 0 Å². The lowest BCUT2D eigenvalue weighted by molar-refractivity contribution is -0.367. The molecule has 0 aromatic rings. The molecule has 3 saturated heterocycles. The molecule has 0 aromatic carbocycles. The highest BCUT2D eigenvalue weighted by atomic mass is 16.8. The molecule has 0 aromatic heterocycles.